The quantitative estimate of drug-likeness (QED) is 0.703. The average Bonchev–Trinajstić information content (AvgIpc) is 2.44. The smallest absolute Gasteiger partial charge is 0.151 e. The molecule has 1 aliphatic rings. The second-order valence-electron chi connectivity index (χ2n) is 4.07. The zero-order chi connectivity index (χ0) is 12.5. The van der Waals surface area contributed by atoms with E-state index in [9.17, 15) is 0 Å². The van der Waals surface area contributed by atoms with Crippen molar-refractivity contribution >= 4 is 11.4 Å². The Bertz CT molecular complexity index is 585. The molecular formula is C16H13NO. The minimum Gasteiger partial charge on any atom is -0.453 e. The van der Waals surface area contributed by atoms with Gasteiger partial charge in [0.2, 0.25) is 0 Å². The molecule has 0 aliphatic carbocycles. The third-order valence-electron chi connectivity index (χ3n) is 2.96. The molecule has 0 bridgehead atoms. The van der Waals surface area contributed by atoms with Gasteiger partial charge in [0, 0.05) is 5.70 Å². The summed E-state index contributed by atoms with van der Waals surface area (Å²) in [6.07, 6.45) is 1.75. The Morgan fingerprint density at radius 3 is 1.94 bits per heavy atom. The van der Waals surface area contributed by atoms with Crippen LogP contribution in [0, 0.1) is 0 Å². The first-order chi connectivity index (χ1) is 8.81. The number of anilines is 2. The fourth-order valence-corrected chi connectivity index (χ4v) is 2.11. The van der Waals surface area contributed by atoms with Crippen molar-refractivity contribution in [3.8, 4) is 11.5 Å². The van der Waals surface area contributed by atoms with Gasteiger partial charge in [-0.2, -0.15) is 0 Å². The van der Waals surface area contributed by atoms with Crippen LogP contribution in [0.1, 0.15) is 0 Å². The van der Waals surface area contributed by atoms with Crippen LogP contribution in [0.25, 0.3) is 0 Å². The van der Waals surface area contributed by atoms with E-state index in [1.165, 1.54) is 0 Å². The molecule has 1 aliphatic heterocycles. The molecule has 2 aromatic carbocycles. The van der Waals surface area contributed by atoms with Crippen LogP contribution in [-0.4, -0.2) is 0 Å². The number of fused-ring (bicyclic) bond motifs is 2. The molecule has 0 aromatic heterocycles. The van der Waals surface area contributed by atoms with E-state index in [2.05, 4.69) is 18.1 Å². The van der Waals surface area contributed by atoms with E-state index in [1.54, 1.807) is 6.08 Å². The molecule has 0 radical (unpaired) electrons. The van der Waals surface area contributed by atoms with E-state index in [-0.39, 0.29) is 0 Å². The predicted octanol–water partition coefficient (Wildman–Crippen LogP) is 4.63. The summed E-state index contributed by atoms with van der Waals surface area (Å²) in [6, 6.07) is 15.8. The van der Waals surface area contributed by atoms with Crippen molar-refractivity contribution in [1.82, 2.24) is 0 Å². The standard InChI is InChI=1S/C16H13NO/c1-3-12(2)17-13-8-4-6-10-15(13)18-16-11-7-5-9-14(16)17/h3-11H,1-2H2. The van der Waals surface area contributed by atoms with Gasteiger partial charge in [-0.05, 0) is 30.3 Å². The minimum atomic E-state index is 0.832. The Balaban J connectivity index is 2.23. The number of benzene rings is 2. The SMILES string of the molecule is C=CC(=C)N1c2ccccc2Oc2ccccc21. The molecule has 18 heavy (non-hydrogen) atoms. The zero-order valence-corrected chi connectivity index (χ0v) is 9.97. The second kappa shape index (κ2) is 4.08. The average molecular weight is 235 g/mol. The number of ether oxygens (including phenoxy) is 1. The normalized spacial score (nSPS) is 12.1. The molecule has 0 fully saturated rings. The van der Waals surface area contributed by atoms with Crippen LogP contribution in [0.15, 0.2) is 73.5 Å². The van der Waals surface area contributed by atoms with E-state index < -0.39 is 0 Å². The van der Waals surface area contributed by atoms with E-state index in [0.29, 0.717) is 0 Å². The number of hydrogen-bond donors (Lipinski definition) is 0. The Labute approximate surface area is 106 Å². The van der Waals surface area contributed by atoms with E-state index in [0.717, 1.165) is 28.6 Å². The number of allylic oxidation sites excluding steroid dienone is 1. The fraction of sp³-hybridized carbons (Fsp3) is 0. The third kappa shape index (κ3) is 1.51. The summed E-state index contributed by atoms with van der Waals surface area (Å²) in [5.74, 6) is 1.67. The van der Waals surface area contributed by atoms with Crippen LogP contribution < -0.4 is 9.64 Å². The van der Waals surface area contributed by atoms with Crippen LogP contribution in [0.2, 0.25) is 0 Å². The largest absolute Gasteiger partial charge is 0.453 e. The molecule has 88 valence electrons. The van der Waals surface area contributed by atoms with Crippen LogP contribution in [0.4, 0.5) is 11.4 Å². The molecule has 2 aromatic rings. The highest BCUT2D eigenvalue weighted by Crippen LogP contribution is 2.47. The van der Waals surface area contributed by atoms with Gasteiger partial charge in [0.25, 0.3) is 0 Å². The van der Waals surface area contributed by atoms with Gasteiger partial charge in [-0.15, -0.1) is 0 Å². The van der Waals surface area contributed by atoms with Crippen molar-refractivity contribution in [2.45, 2.75) is 0 Å². The molecule has 0 atom stereocenters. The maximum Gasteiger partial charge on any atom is 0.151 e. The fourth-order valence-electron chi connectivity index (χ4n) is 2.11. The summed E-state index contributed by atoms with van der Waals surface area (Å²) >= 11 is 0. The van der Waals surface area contributed by atoms with Gasteiger partial charge < -0.3 is 9.64 Å². The molecule has 0 saturated heterocycles. The summed E-state index contributed by atoms with van der Waals surface area (Å²) in [7, 11) is 0. The summed E-state index contributed by atoms with van der Waals surface area (Å²) in [4.78, 5) is 2.06. The lowest BCUT2D eigenvalue weighted by atomic mass is 10.1. The Hall–Kier alpha value is -2.48. The van der Waals surface area contributed by atoms with Crippen molar-refractivity contribution in [3.05, 3.63) is 73.5 Å². The van der Waals surface area contributed by atoms with Gasteiger partial charge >= 0.3 is 0 Å². The predicted molar refractivity (Wildman–Crippen MR) is 74.4 cm³/mol. The van der Waals surface area contributed by atoms with Crippen molar-refractivity contribution in [2.75, 3.05) is 4.90 Å². The highest BCUT2D eigenvalue weighted by molar-refractivity contribution is 5.81. The maximum absolute atomic E-state index is 5.89. The van der Waals surface area contributed by atoms with Crippen molar-refractivity contribution in [1.29, 1.82) is 0 Å². The number of nitrogens with zero attached hydrogens (tertiary/aromatic N) is 1. The molecule has 0 N–H and O–H groups in total. The number of rotatable bonds is 2. The first-order valence-corrected chi connectivity index (χ1v) is 5.78. The molecule has 0 unspecified atom stereocenters. The van der Waals surface area contributed by atoms with Gasteiger partial charge in [0.1, 0.15) is 0 Å². The number of para-hydroxylation sites is 4. The van der Waals surface area contributed by atoms with Crippen LogP contribution in [0.5, 0.6) is 11.5 Å². The second-order valence-corrected chi connectivity index (χ2v) is 4.07. The lowest BCUT2D eigenvalue weighted by molar-refractivity contribution is 0.476. The monoisotopic (exact) mass is 235 g/mol. The molecule has 0 spiro atoms. The Kier molecular flexibility index (Phi) is 2.41. The zero-order valence-electron chi connectivity index (χ0n) is 9.97. The number of hydrogen-bond acceptors (Lipinski definition) is 2. The molecule has 2 heteroatoms. The molecule has 0 saturated carbocycles. The summed E-state index contributed by atoms with van der Waals surface area (Å²) < 4.78 is 5.89. The van der Waals surface area contributed by atoms with Crippen LogP contribution >= 0.6 is 0 Å². The topological polar surface area (TPSA) is 12.5 Å². The van der Waals surface area contributed by atoms with Crippen molar-refractivity contribution in [2.24, 2.45) is 0 Å². The van der Waals surface area contributed by atoms with E-state index in [1.807, 2.05) is 48.5 Å². The molecule has 3 rings (SSSR count). The summed E-state index contributed by atoms with van der Waals surface area (Å²) in [5, 5.41) is 0. The molecule has 1 heterocycles. The van der Waals surface area contributed by atoms with Crippen LogP contribution in [0.3, 0.4) is 0 Å². The van der Waals surface area contributed by atoms with Gasteiger partial charge in [-0.1, -0.05) is 37.4 Å². The van der Waals surface area contributed by atoms with Gasteiger partial charge in [-0.3, -0.25) is 0 Å². The maximum atomic E-state index is 5.89. The lowest BCUT2D eigenvalue weighted by Gasteiger charge is -2.32. The van der Waals surface area contributed by atoms with E-state index in [4.69, 9.17) is 4.74 Å². The van der Waals surface area contributed by atoms with Crippen LogP contribution in [-0.2, 0) is 0 Å². The summed E-state index contributed by atoms with van der Waals surface area (Å²) in [5.41, 5.74) is 2.81. The lowest BCUT2D eigenvalue weighted by Crippen LogP contribution is -2.18. The van der Waals surface area contributed by atoms with Gasteiger partial charge in [0.05, 0.1) is 11.4 Å². The van der Waals surface area contributed by atoms with Crippen molar-refractivity contribution in [3.63, 3.8) is 0 Å². The third-order valence-corrected chi connectivity index (χ3v) is 2.96. The Morgan fingerprint density at radius 2 is 1.44 bits per heavy atom. The molecule has 0 amide bonds. The highest BCUT2D eigenvalue weighted by Gasteiger charge is 2.24. The minimum absolute atomic E-state index is 0.832. The molecule has 2 nitrogen and oxygen atoms in total. The first-order valence-electron chi connectivity index (χ1n) is 5.78. The van der Waals surface area contributed by atoms with Gasteiger partial charge in [-0.25, -0.2) is 0 Å². The van der Waals surface area contributed by atoms with E-state index >= 15 is 0 Å². The molecular weight excluding hydrogens is 222 g/mol. The first kappa shape index (κ1) is 10.7. The Morgan fingerprint density at radius 1 is 0.944 bits per heavy atom. The van der Waals surface area contributed by atoms with Gasteiger partial charge in [0.15, 0.2) is 11.5 Å². The van der Waals surface area contributed by atoms with Crippen molar-refractivity contribution < 1.29 is 4.74 Å². The highest BCUT2D eigenvalue weighted by atomic mass is 16.5. The summed E-state index contributed by atoms with van der Waals surface area (Å²) in [6.45, 7) is 7.85.